The second-order valence-electron chi connectivity index (χ2n) is 6.95. The Labute approximate surface area is 151 Å². The van der Waals surface area contributed by atoms with Crippen LogP contribution in [0.1, 0.15) is 24.6 Å². The second-order valence-corrected chi connectivity index (χ2v) is 9.48. The van der Waals surface area contributed by atoms with Crippen LogP contribution in [0.25, 0.3) is 0 Å². The van der Waals surface area contributed by atoms with Crippen LogP contribution < -0.4 is 0 Å². The Hall–Kier alpha value is -1.05. The second kappa shape index (κ2) is 6.35. The number of hydrogen-bond donors (Lipinski definition) is 0. The Bertz CT molecular complexity index is 628. The van der Waals surface area contributed by atoms with Crippen LogP contribution in [0.4, 0.5) is 0 Å². The predicted molar refractivity (Wildman–Crippen MR) is 96.9 cm³/mol. The van der Waals surface area contributed by atoms with Crippen LogP contribution >= 0.6 is 23.1 Å². The number of amides is 2. The van der Waals surface area contributed by atoms with Crippen LogP contribution in [-0.2, 0) is 16.1 Å². The van der Waals surface area contributed by atoms with E-state index >= 15 is 0 Å². The molecule has 0 saturated carbocycles. The fourth-order valence-electron chi connectivity index (χ4n) is 3.96. The number of piperazine rings is 1. The van der Waals surface area contributed by atoms with Gasteiger partial charge in [0.05, 0.1) is 4.87 Å². The number of hydrogen-bond acceptors (Lipinski definition) is 5. The van der Waals surface area contributed by atoms with Gasteiger partial charge in [-0.25, -0.2) is 0 Å². The van der Waals surface area contributed by atoms with E-state index in [9.17, 15) is 9.59 Å². The van der Waals surface area contributed by atoms with Gasteiger partial charge in [0.25, 0.3) is 0 Å². The van der Waals surface area contributed by atoms with Crippen molar-refractivity contribution in [3.63, 3.8) is 0 Å². The number of carbonyl (C=O) groups is 2. The molecule has 1 aromatic rings. The van der Waals surface area contributed by atoms with E-state index in [2.05, 4.69) is 29.3 Å². The first-order valence-electron chi connectivity index (χ1n) is 8.56. The Morgan fingerprint density at radius 2 is 2.12 bits per heavy atom. The number of rotatable bonds is 3. The van der Waals surface area contributed by atoms with E-state index in [1.54, 1.807) is 23.1 Å². The average Bonchev–Trinajstić information content (AvgIpc) is 3.26. The zero-order valence-corrected chi connectivity index (χ0v) is 15.6. The minimum atomic E-state index is -0.251. The molecule has 2 amide bonds. The van der Waals surface area contributed by atoms with E-state index in [-0.39, 0.29) is 22.7 Å². The van der Waals surface area contributed by atoms with Gasteiger partial charge in [-0.3, -0.25) is 14.5 Å². The van der Waals surface area contributed by atoms with E-state index in [0.717, 1.165) is 44.9 Å². The number of thioether (sulfide) groups is 1. The molecule has 0 aromatic carbocycles. The van der Waals surface area contributed by atoms with Gasteiger partial charge in [-0.15, -0.1) is 23.1 Å². The highest BCUT2D eigenvalue weighted by Crippen LogP contribution is 2.47. The van der Waals surface area contributed by atoms with Gasteiger partial charge < -0.3 is 9.80 Å². The van der Waals surface area contributed by atoms with E-state index in [4.69, 9.17) is 0 Å². The molecule has 0 N–H and O–H groups in total. The first kappa shape index (κ1) is 16.4. The molecule has 5 nitrogen and oxygen atoms in total. The van der Waals surface area contributed by atoms with E-state index < -0.39 is 0 Å². The minimum absolute atomic E-state index is 0.150. The number of fused-ring (bicyclic) bond motifs is 1. The number of thiophene rings is 1. The zero-order chi connectivity index (χ0) is 16.7. The van der Waals surface area contributed by atoms with Crippen molar-refractivity contribution in [2.75, 3.05) is 31.9 Å². The minimum Gasteiger partial charge on any atom is -0.338 e. The number of carbonyl (C=O) groups excluding carboxylic acids is 2. The summed E-state index contributed by atoms with van der Waals surface area (Å²) in [5.74, 6) is 1.05. The van der Waals surface area contributed by atoms with Crippen molar-refractivity contribution in [1.82, 2.24) is 14.7 Å². The van der Waals surface area contributed by atoms with Gasteiger partial charge in [0.15, 0.2) is 0 Å². The van der Waals surface area contributed by atoms with Crippen LogP contribution in [-0.4, -0.2) is 69.4 Å². The lowest BCUT2D eigenvalue weighted by Crippen LogP contribution is -2.56. The van der Waals surface area contributed by atoms with E-state index in [1.165, 1.54) is 4.88 Å². The Balaban J connectivity index is 1.36. The summed E-state index contributed by atoms with van der Waals surface area (Å²) < 4.78 is 0. The molecule has 3 aliphatic rings. The van der Waals surface area contributed by atoms with Gasteiger partial charge in [-0.1, -0.05) is 6.07 Å². The average molecular weight is 366 g/mol. The highest BCUT2D eigenvalue weighted by molar-refractivity contribution is 8.01. The van der Waals surface area contributed by atoms with Crippen molar-refractivity contribution >= 4 is 34.9 Å². The molecule has 3 aliphatic heterocycles. The van der Waals surface area contributed by atoms with Crippen molar-refractivity contribution in [3.05, 3.63) is 22.4 Å². The lowest BCUT2D eigenvalue weighted by atomic mass is 10.2. The van der Waals surface area contributed by atoms with Crippen LogP contribution in [0.3, 0.4) is 0 Å². The van der Waals surface area contributed by atoms with Crippen LogP contribution in [0.15, 0.2) is 17.5 Å². The normalized spacial score (nSPS) is 30.9. The third kappa shape index (κ3) is 2.86. The summed E-state index contributed by atoms with van der Waals surface area (Å²) in [5, 5.41) is 2.11. The lowest BCUT2D eigenvalue weighted by molar-refractivity contribution is -0.144. The summed E-state index contributed by atoms with van der Waals surface area (Å²) in [7, 11) is 0. The largest absolute Gasteiger partial charge is 0.338 e. The first-order chi connectivity index (χ1) is 11.6. The molecule has 2 atom stereocenters. The van der Waals surface area contributed by atoms with Gasteiger partial charge in [-0.2, -0.15) is 0 Å². The fraction of sp³-hybridized carbons (Fsp3) is 0.647. The maximum atomic E-state index is 13.0. The van der Waals surface area contributed by atoms with Crippen molar-refractivity contribution in [1.29, 1.82) is 0 Å². The molecule has 1 aromatic heterocycles. The fourth-order valence-corrected chi connectivity index (χ4v) is 6.13. The van der Waals surface area contributed by atoms with Gasteiger partial charge in [-0.05, 0) is 24.8 Å². The molecule has 2 unspecified atom stereocenters. The number of nitrogens with zero attached hydrogens (tertiary/aromatic N) is 3. The van der Waals surface area contributed by atoms with Gasteiger partial charge in [0.1, 0.15) is 6.04 Å². The van der Waals surface area contributed by atoms with Gasteiger partial charge in [0, 0.05) is 49.8 Å². The summed E-state index contributed by atoms with van der Waals surface area (Å²) in [6.45, 7) is 6.44. The molecule has 0 aliphatic carbocycles. The predicted octanol–water partition coefficient (Wildman–Crippen LogP) is 1.85. The molecular formula is C17H23N3O2S2. The van der Waals surface area contributed by atoms with Crippen molar-refractivity contribution < 1.29 is 9.59 Å². The molecule has 7 heteroatoms. The lowest BCUT2D eigenvalue weighted by Gasteiger charge is -2.38. The Morgan fingerprint density at radius 1 is 1.33 bits per heavy atom. The molecule has 4 rings (SSSR count). The monoisotopic (exact) mass is 365 g/mol. The maximum absolute atomic E-state index is 13.0. The molecule has 0 bridgehead atoms. The van der Waals surface area contributed by atoms with Crippen molar-refractivity contribution in [3.8, 4) is 0 Å². The quantitative estimate of drug-likeness (QED) is 0.820. The molecule has 4 heterocycles. The van der Waals surface area contributed by atoms with E-state index in [1.807, 2.05) is 9.80 Å². The standard InChI is InChI=1S/C17H23N3O2S2/c1-17-5-4-15(21)20(17)14(12-24-17)16(22)19-8-6-18(7-9-19)11-13-3-2-10-23-13/h2-3,10,14H,4-9,11-12H2,1H3. The molecule has 130 valence electrons. The maximum Gasteiger partial charge on any atom is 0.246 e. The van der Waals surface area contributed by atoms with Crippen molar-refractivity contribution in [2.45, 2.75) is 37.2 Å². The zero-order valence-electron chi connectivity index (χ0n) is 13.9. The van der Waals surface area contributed by atoms with E-state index in [0.29, 0.717) is 6.42 Å². The van der Waals surface area contributed by atoms with Gasteiger partial charge >= 0.3 is 0 Å². The molecular weight excluding hydrogens is 342 g/mol. The molecule has 3 saturated heterocycles. The van der Waals surface area contributed by atoms with Crippen molar-refractivity contribution in [2.24, 2.45) is 0 Å². The first-order valence-corrected chi connectivity index (χ1v) is 10.4. The summed E-state index contributed by atoms with van der Waals surface area (Å²) in [6, 6.07) is 4.00. The third-order valence-electron chi connectivity index (χ3n) is 5.37. The topological polar surface area (TPSA) is 43.9 Å². The molecule has 24 heavy (non-hydrogen) atoms. The summed E-state index contributed by atoms with van der Waals surface area (Å²) in [5.41, 5.74) is 0. The smallest absolute Gasteiger partial charge is 0.246 e. The summed E-state index contributed by atoms with van der Waals surface area (Å²) in [6.07, 6.45) is 1.46. The van der Waals surface area contributed by atoms with Crippen LogP contribution in [0.5, 0.6) is 0 Å². The highest BCUT2D eigenvalue weighted by Gasteiger charge is 2.53. The summed E-state index contributed by atoms with van der Waals surface area (Å²) >= 11 is 3.56. The van der Waals surface area contributed by atoms with Gasteiger partial charge in [0.2, 0.25) is 11.8 Å². The molecule has 0 spiro atoms. The van der Waals surface area contributed by atoms with Crippen LogP contribution in [0.2, 0.25) is 0 Å². The molecule has 3 fully saturated rings. The third-order valence-corrected chi connectivity index (χ3v) is 7.74. The van der Waals surface area contributed by atoms with Crippen LogP contribution in [0, 0.1) is 0 Å². The Morgan fingerprint density at radius 3 is 2.83 bits per heavy atom. The highest BCUT2D eigenvalue weighted by atomic mass is 32.2. The SMILES string of the molecule is CC12CCC(=O)N1C(C(=O)N1CCN(Cc3cccs3)CC1)CS2. The Kier molecular flexibility index (Phi) is 4.34. The molecule has 0 radical (unpaired) electrons. The summed E-state index contributed by atoms with van der Waals surface area (Å²) in [4.78, 5) is 32.6.